The highest BCUT2D eigenvalue weighted by molar-refractivity contribution is 4.65. The van der Waals surface area contributed by atoms with Crippen LogP contribution in [0.15, 0.2) is 0 Å². The van der Waals surface area contributed by atoms with E-state index in [0.29, 0.717) is 0 Å². The van der Waals surface area contributed by atoms with Crippen LogP contribution in [-0.2, 0) is 0 Å². The fourth-order valence-corrected chi connectivity index (χ4v) is 0.353. The third-order valence-electron chi connectivity index (χ3n) is 1.58. The molecule has 5 nitrogen and oxygen atoms in total. The summed E-state index contributed by atoms with van der Waals surface area (Å²) in [5, 5.41) is 27.5. The van der Waals surface area contributed by atoms with Crippen LogP contribution < -0.4 is 0 Å². The zero-order chi connectivity index (χ0) is 8.36. The minimum Gasteiger partial charge on any atom is -0.396 e. The van der Waals surface area contributed by atoms with E-state index in [0.717, 1.165) is 6.92 Å². The fourth-order valence-electron chi connectivity index (χ4n) is 0.353. The zero-order valence-corrected chi connectivity index (χ0v) is 5.94. The molecule has 0 amide bonds. The monoisotopic (exact) mass is 149 g/mol. The Labute approximate surface area is 58.4 Å². The van der Waals surface area contributed by atoms with Gasteiger partial charge in [-0.3, -0.25) is 10.1 Å². The highest BCUT2D eigenvalue weighted by atomic mass is 16.7. The number of aliphatic hydroxyl groups is 2. The Hall–Kier alpha value is -0.680. The molecule has 0 saturated heterocycles. The minimum absolute atomic E-state index is 0.395. The van der Waals surface area contributed by atoms with Crippen LogP contribution in [0.25, 0.3) is 0 Å². The second-order valence-corrected chi connectivity index (χ2v) is 2.43. The van der Waals surface area contributed by atoms with Gasteiger partial charge >= 0.3 is 5.72 Å². The Kier molecular flexibility index (Phi) is 2.74. The van der Waals surface area contributed by atoms with E-state index in [1.54, 1.807) is 0 Å². The van der Waals surface area contributed by atoms with Gasteiger partial charge in [0.25, 0.3) is 0 Å². The van der Waals surface area contributed by atoms with E-state index in [9.17, 15) is 10.1 Å². The summed E-state index contributed by atoms with van der Waals surface area (Å²) in [4.78, 5) is 9.25. The second kappa shape index (κ2) is 2.94. The number of nitro groups is 1. The molecule has 0 spiro atoms. The van der Waals surface area contributed by atoms with Crippen LogP contribution >= 0.6 is 0 Å². The molecule has 60 valence electrons. The molecule has 0 saturated carbocycles. The average molecular weight is 149 g/mol. The van der Waals surface area contributed by atoms with Gasteiger partial charge in [0.2, 0.25) is 0 Å². The Morgan fingerprint density at radius 3 is 2.30 bits per heavy atom. The molecule has 2 atom stereocenters. The summed E-state index contributed by atoms with van der Waals surface area (Å²) in [5.41, 5.74) is -2.02. The Bertz CT molecular complexity index is 134. The lowest BCUT2D eigenvalue weighted by atomic mass is 10.0. The maximum absolute atomic E-state index is 10.1. The molecule has 0 aromatic heterocycles. The first-order chi connectivity index (χ1) is 4.42. The van der Waals surface area contributed by atoms with E-state index in [1.165, 1.54) is 6.92 Å². The summed E-state index contributed by atoms with van der Waals surface area (Å²) in [5.74, 6) is -0.748. The SMILES string of the molecule is CC(CO)C(C)(O)[N+](=O)[O-]. The summed E-state index contributed by atoms with van der Waals surface area (Å²) in [7, 11) is 0. The maximum atomic E-state index is 10.1. The molecule has 0 aliphatic carbocycles. The molecule has 0 aliphatic rings. The second-order valence-electron chi connectivity index (χ2n) is 2.43. The van der Waals surface area contributed by atoms with Gasteiger partial charge in [-0.25, -0.2) is 0 Å². The van der Waals surface area contributed by atoms with Crippen molar-refractivity contribution in [1.82, 2.24) is 0 Å². The Balaban J connectivity index is 4.23. The topological polar surface area (TPSA) is 83.6 Å². The quantitative estimate of drug-likeness (QED) is 0.325. The highest BCUT2D eigenvalue weighted by Gasteiger charge is 2.40. The largest absolute Gasteiger partial charge is 0.396 e. The van der Waals surface area contributed by atoms with Gasteiger partial charge in [-0.2, -0.15) is 0 Å². The molecule has 0 aromatic rings. The first-order valence-electron chi connectivity index (χ1n) is 2.90. The third kappa shape index (κ3) is 1.65. The van der Waals surface area contributed by atoms with Crippen molar-refractivity contribution in [2.24, 2.45) is 5.92 Å². The molecular weight excluding hydrogens is 138 g/mol. The molecule has 10 heavy (non-hydrogen) atoms. The van der Waals surface area contributed by atoms with Gasteiger partial charge in [-0.15, -0.1) is 0 Å². The van der Waals surface area contributed by atoms with Crippen molar-refractivity contribution in [2.45, 2.75) is 19.6 Å². The zero-order valence-electron chi connectivity index (χ0n) is 5.94. The van der Waals surface area contributed by atoms with Gasteiger partial charge in [-0.1, -0.05) is 6.92 Å². The first-order valence-corrected chi connectivity index (χ1v) is 2.90. The van der Waals surface area contributed by atoms with Crippen LogP contribution in [-0.4, -0.2) is 27.5 Å². The van der Waals surface area contributed by atoms with E-state index in [2.05, 4.69) is 0 Å². The van der Waals surface area contributed by atoms with Crippen molar-refractivity contribution in [3.8, 4) is 0 Å². The van der Waals surface area contributed by atoms with Crippen LogP contribution in [0.2, 0.25) is 0 Å². The van der Waals surface area contributed by atoms with Gasteiger partial charge in [0, 0.05) is 6.92 Å². The van der Waals surface area contributed by atoms with Gasteiger partial charge in [0.05, 0.1) is 17.4 Å². The minimum atomic E-state index is -2.02. The van der Waals surface area contributed by atoms with Gasteiger partial charge in [-0.05, 0) is 0 Å². The van der Waals surface area contributed by atoms with Gasteiger partial charge < -0.3 is 10.2 Å². The van der Waals surface area contributed by atoms with Crippen LogP contribution in [0.1, 0.15) is 13.8 Å². The van der Waals surface area contributed by atoms with E-state index >= 15 is 0 Å². The summed E-state index contributed by atoms with van der Waals surface area (Å²) in [6, 6.07) is 0. The number of rotatable bonds is 3. The predicted molar refractivity (Wildman–Crippen MR) is 33.9 cm³/mol. The molecule has 2 unspecified atom stereocenters. The molecule has 2 N–H and O–H groups in total. The van der Waals surface area contributed by atoms with Crippen molar-refractivity contribution in [3.63, 3.8) is 0 Å². The lowest BCUT2D eigenvalue weighted by Crippen LogP contribution is -2.42. The van der Waals surface area contributed by atoms with Crippen molar-refractivity contribution in [2.75, 3.05) is 6.61 Å². The molecule has 0 radical (unpaired) electrons. The smallest absolute Gasteiger partial charge is 0.324 e. The first kappa shape index (κ1) is 9.32. The van der Waals surface area contributed by atoms with E-state index in [4.69, 9.17) is 10.2 Å². The van der Waals surface area contributed by atoms with Crippen molar-refractivity contribution in [1.29, 1.82) is 0 Å². The van der Waals surface area contributed by atoms with Crippen molar-refractivity contribution < 1.29 is 15.1 Å². The normalized spacial score (nSPS) is 19.6. The highest BCUT2D eigenvalue weighted by Crippen LogP contribution is 2.15. The molecule has 0 bridgehead atoms. The lowest BCUT2D eigenvalue weighted by molar-refractivity contribution is -0.630. The maximum Gasteiger partial charge on any atom is 0.324 e. The van der Waals surface area contributed by atoms with Crippen LogP contribution in [0.4, 0.5) is 0 Å². The molecule has 0 rings (SSSR count). The van der Waals surface area contributed by atoms with E-state index in [-0.39, 0.29) is 0 Å². The van der Waals surface area contributed by atoms with Crippen molar-refractivity contribution in [3.05, 3.63) is 10.1 Å². The number of nitrogens with zero attached hydrogens (tertiary/aromatic N) is 1. The van der Waals surface area contributed by atoms with Crippen molar-refractivity contribution >= 4 is 0 Å². The Morgan fingerprint density at radius 1 is 1.80 bits per heavy atom. The molecule has 0 aromatic carbocycles. The molecule has 0 fully saturated rings. The third-order valence-corrected chi connectivity index (χ3v) is 1.58. The number of aliphatic hydroxyl groups excluding tert-OH is 1. The molecule has 0 aliphatic heterocycles. The standard InChI is InChI=1S/C5H11NO4/c1-4(3-7)5(2,8)6(9)10/h4,7-8H,3H2,1-2H3. The van der Waals surface area contributed by atoms with Gasteiger partial charge in [0.1, 0.15) is 0 Å². The van der Waals surface area contributed by atoms with Gasteiger partial charge in [0.15, 0.2) is 0 Å². The fraction of sp³-hybridized carbons (Fsp3) is 1.00. The molecule has 0 heterocycles. The van der Waals surface area contributed by atoms with E-state index in [1.807, 2.05) is 0 Å². The summed E-state index contributed by atoms with van der Waals surface area (Å²) in [6.07, 6.45) is 0. The molecular formula is C5H11NO4. The average Bonchev–Trinajstić information content (AvgIpc) is 1.86. The van der Waals surface area contributed by atoms with Crippen LogP contribution in [0.5, 0.6) is 0 Å². The predicted octanol–water partition coefficient (Wildman–Crippen LogP) is -0.400. The van der Waals surface area contributed by atoms with Crippen LogP contribution in [0, 0.1) is 16.0 Å². The van der Waals surface area contributed by atoms with E-state index < -0.39 is 23.2 Å². The summed E-state index contributed by atoms with van der Waals surface area (Å²) in [6.45, 7) is 2.07. The lowest BCUT2D eigenvalue weighted by Gasteiger charge is -2.18. The Morgan fingerprint density at radius 2 is 2.20 bits per heavy atom. The summed E-state index contributed by atoms with van der Waals surface area (Å²) >= 11 is 0. The molecule has 5 heteroatoms. The number of hydrogen-bond acceptors (Lipinski definition) is 4. The summed E-state index contributed by atoms with van der Waals surface area (Å²) < 4.78 is 0. The number of hydrogen-bond donors (Lipinski definition) is 2. The van der Waals surface area contributed by atoms with Crippen LogP contribution in [0.3, 0.4) is 0 Å².